The van der Waals surface area contributed by atoms with Crippen LogP contribution in [0.1, 0.15) is 25.0 Å². The molecule has 92 valence electrons. The highest BCUT2D eigenvalue weighted by Crippen LogP contribution is 2.37. The summed E-state index contributed by atoms with van der Waals surface area (Å²) in [6.07, 6.45) is 7.91. The van der Waals surface area contributed by atoms with Gasteiger partial charge in [0.1, 0.15) is 11.3 Å². The molecule has 2 aromatic rings. The van der Waals surface area contributed by atoms with Crippen LogP contribution in [0.25, 0.3) is 16.7 Å². The molecular weight excluding hydrogens is 224 g/mol. The standard InChI is InChI=1S/C15H16N2O/c1-3-10-6-8-17-15(10)11(4-1)14-9-12-13(18-14)5-2-7-16-12/h2,4-5,7,9-10,15,17H,1,3,6,8H2. The van der Waals surface area contributed by atoms with Crippen molar-refractivity contribution in [2.75, 3.05) is 6.54 Å². The van der Waals surface area contributed by atoms with E-state index in [0.717, 1.165) is 29.3 Å². The van der Waals surface area contributed by atoms with Crippen molar-refractivity contribution < 1.29 is 4.42 Å². The van der Waals surface area contributed by atoms with Gasteiger partial charge in [-0.2, -0.15) is 0 Å². The molecule has 1 aliphatic heterocycles. The second-order valence-corrected chi connectivity index (χ2v) is 5.21. The lowest BCUT2D eigenvalue weighted by atomic mass is 9.84. The first kappa shape index (κ1) is 10.3. The highest BCUT2D eigenvalue weighted by molar-refractivity contribution is 5.79. The van der Waals surface area contributed by atoms with Gasteiger partial charge in [-0.15, -0.1) is 0 Å². The van der Waals surface area contributed by atoms with Gasteiger partial charge >= 0.3 is 0 Å². The third kappa shape index (κ3) is 1.51. The van der Waals surface area contributed by atoms with Crippen LogP contribution in [-0.4, -0.2) is 17.6 Å². The minimum atomic E-state index is 0.485. The molecule has 4 rings (SSSR count). The Balaban J connectivity index is 1.79. The Morgan fingerprint density at radius 1 is 1.33 bits per heavy atom. The molecule has 3 heteroatoms. The molecule has 0 amide bonds. The summed E-state index contributed by atoms with van der Waals surface area (Å²) >= 11 is 0. The van der Waals surface area contributed by atoms with E-state index in [-0.39, 0.29) is 0 Å². The molecule has 2 aliphatic rings. The highest BCUT2D eigenvalue weighted by Gasteiger charge is 2.33. The maximum atomic E-state index is 5.94. The first-order valence-corrected chi connectivity index (χ1v) is 6.70. The lowest BCUT2D eigenvalue weighted by molar-refractivity contribution is 0.460. The number of hydrogen-bond acceptors (Lipinski definition) is 3. The van der Waals surface area contributed by atoms with Gasteiger partial charge in [0, 0.05) is 23.9 Å². The Bertz CT molecular complexity index is 581. The van der Waals surface area contributed by atoms with Gasteiger partial charge < -0.3 is 9.73 Å². The smallest absolute Gasteiger partial charge is 0.153 e. The van der Waals surface area contributed by atoms with E-state index in [2.05, 4.69) is 22.4 Å². The van der Waals surface area contributed by atoms with Gasteiger partial charge in [0.15, 0.2) is 5.58 Å². The summed E-state index contributed by atoms with van der Waals surface area (Å²) in [4.78, 5) is 4.34. The summed E-state index contributed by atoms with van der Waals surface area (Å²) < 4.78 is 5.94. The molecule has 0 saturated carbocycles. The molecule has 1 saturated heterocycles. The fraction of sp³-hybridized carbons (Fsp3) is 0.400. The zero-order chi connectivity index (χ0) is 11.9. The van der Waals surface area contributed by atoms with E-state index < -0.39 is 0 Å². The number of rotatable bonds is 1. The molecule has 3 heterocycles. The van der Waals surface area contributed by atoms with Crippen molar-refractivity contribution in [3.05, 3.63) is 36.2 Å². The fourth-order valence-electron chi connectivity index (χ4n) is 3.28. The molecule has 1 fully saturated rings. The van der Waals surface area contributed by atoms with Gasteiger partial charge in [-0.1, -0.05) is 6.08 Å². The van der Waals surface area contributed by atoms with Crippen molar-refractivity contribution in [3.63, 3.8) is 0 Å². The molecular formula is C15H16N2O. The fourth-order valence-corrected chi connectivity index (χ4v) is 3.28. The first-order valence-electron chi connectivity index (χ1n) is 6.70. The van der Waals surface area contributed by atoms with E-state index in [4.69, 9.17) is 4.42 Å². The summed E-state index contributed by atoms with van der Waals surface area (Å²) in [6, 6.07) is 6.46. The van der Waals surface area contributed by atoms with Crippen LogP contribution in [0.4, 0.5) is 0 Å². The molecule has 0 aromatic carbocycles. The molecule has 1 N–H and O–H groups in total. The normalized spacial score (nSPS) is 27.2. The van der Waals surface area contributed by atoms with Crippen LogP contribution < -0.4 is 5.32 Å². The third-order valence-electron chi connectivity index (χ3n) is 4.16. The number of hydrogen-bond donors (Lipinski definition) is 1. The van der Waals surface area contributed by atoms with Crippen LogP contribution >= 0.6 is 0 Å². The van der Waals surface area contributed by atoms with Crippen LogP contribution in [0.5, 0.6) is 0 Å². The molecule has 2 aromatic heterocycles. The summed E-state index contributed by atoms with van der Waals surface area (Å²) in [5, 5.41) is 3.60. The predicted molar refractivity (Wildman–Crippen MR) is 71.1 cm³/mol. The number of pyridine rings is 1. The van der Waals surface area contributed by atoms with Crippen molar-refractivity contribution in [2.24, 2.45) is 5.92 Å². The average molecular weight is 240 g/mol. The van der Waals surface area contributed by atoms with Crippen LogP contribution in [0.2, 0.25) is 0 Å². The SMILES string of the molecule is C1=C(c2cc3ncccc3o2)C2NCCC2CC1. The predicted octanol–water partition coefficient (Wildman–Crippen LogP) is 2.98. The van der Waals surface area contributed by atoms with E-state index in [1.807, 2.05) is 18.3 Å². The van der Waals surface area contributed by atoms with Crippen molar-refractivity contribution in [1.29, 1.82) is 0 Å². The lowest BCUT2D eigenvalue weighted by Gasteiger charge is -2.25. The first-order chi connectivity index (χ1) is 8.92. The van der Waals surface area contributed by atoms with Crippen LogP contribution in [0, 0.1) is 5.92 Å². The molecule has 0 spiro atoms. The van der Waals surface area contributed by atoms with E-state index in [0.29, 0.717) is 6.04 Å². The minimum absolute atomic E-state index is 0.485. The number of fused-ring (bicyclic) bond motifs is 2. The number of allylic oxidation sites excluding steroid dienone is 1. The Labute approximate surface area is 106 Å². The van der Waals surface area contributed by atoms with Crippen molar-refractivity contribution in [2.45, 2.75) is 25.3 Å². The van der Waals surface area contributed by atoms with Crippen LogP contribution in [-0.2, 0) is 0 Å². The molecule has 1 aliphatic carbocycles. The molecule has 2 atom stereocenters. The molecule has 2 unspecified atom stereocenters. The molecule has 0 radical (unpaired) electrons. The highest BCUT2D eigenvalue weighted by atomic mass is 16.3. The van der Waals surface area contributed by atoms with Gasteiger partial charge in [-0.25, -0.2) is 0 Å². The van der Waals surface area contributed by atoms with Crippen molar-refractivity contribution >= 4 is 16.7 Å². The quantitative estimate of drug-likeness (QED) is 0.832. The Morgan fingerprint density at radius 3 is 3.28 bits per heavy atom. The molecule has 18 heavy (non-hydrogen) atoms. The maximum absolute atomic E-state index is 5.94. The van der Waals surface area contributed by atoms with Gasteiger partial charge in [0.05, 0.1) is 0 Å². The lowest BCUT2D eigenvalue weighted by Crippen LogP contribution is -2.30. The topological polar surface area (TPSA) is 38.1 Å². The Morgan fingerprint density at radius 2 is 2.33 bits per heavy atom. The largest absolute Gasteiger partial charge is 0.455 e. The Kier molecular flexibility index (Phi) is 2.27. The maximum Gasteiger partial charge on any atom is 0.153 e. The van der Waals surface area contributed by atoms with E-state index in [1.165, 1.54) is 24.8 Å². The number of aromatic nitrogens is 1. The summed E-state index contributed by atoms with van der Waals surface area (Å²) in [7, 11) is 0. The number of furan rings is 1. The molecule has 0 bridgehead atoms. The average Bonchev–Trinajstić information content (AvgIpc) is 3.04. The second-order valence-electron chi connectivity index (χ2n) is 5.21. The number of nitrogens with one attached hydrogen (secondary N) is 1. The summed E-state index contributed by atoms with van der Waals surface area (Å²) in [5.41, 5.74) is 3.17. The Hall–Kier alpha value is -1.61. The number of nitrogens with zero attached hydrogens (tertiary/aromatic N) is 1. The van der Waals surface area contributed by atoms with Gasteiger partial charge in [-0.3, -0.25) is 4.98 Å². The summed E-state index contributed by atoms with van der Waals surface area (Å²) in [6.45, 7) is 1.13. The molecule has 3 nitrogen and oxygen atoms in total. The van der Waals surface area contributed by atoms with Crippen molar-refractivity contribution in [3.8, 4) is 0 Å². The van der Waals surface area contributed by atoms with E-state index in [1.54, 1.807) is 0 Å². The van der Waals surface area contributed by atoms with Gasteiger partial charge in [-0.05, 0) is 43.9 Å². The van der Waals surface area contributed by atoms with Crippen LogP contribution in [0.3, 0.4) is 0 Å². The van der Waals surface area contributed by atoms with Crippen molar-refractivity contribution in [1.82, 2.24) is 10.3 Å². The van der Waals surface area contributed by atoms with E-state index in [9.17, 15) is 0 Å². The third-order valence-corrected chi connectivity index (χ3v) is 4.16. The monoisotopic (exact) mass is 240 g/mol. The van der Waals surface area contributed by atoms with Gasteiger partial charge in [0.2, 0.25) is 0 Å². The van der Waals surface area contributed by atoms with Crippen LogP contribution in [0.15, 0.2) is 34.9 Å². The zero-order valence-electron chi connectivity index (χ0n) is 10.2. The zero-order valence-corrected chi connectivity index (χ0v) is 10.2. The van der Waals surface area contributed by atoms with Gasteiger partial charge in [0.25, 0.3) is 0 Å². The minimum Gasteiger partial charge on any atom is -0.455 e. The second kappa shape index (κ2) is 3.95. The summed E-state index contributed by atoms with van der Waals surface area (Å²) in [5.74, 6) is 1.78. The van der Waals surface area contributed by atoms with E-state index >= 15 is 0 Å².